The van der Waals surface area contributed by atoms with Crippen LogP contribution < -0.4 is 5.32 Å². The van der Waals surface area contributed by atoms with E-state index in [0.29, 0.717) is 36.8 Å². The molecule has 0 saturated heterocycles. The van der Waals surface area contributed by atoms with Crippen molar-refractivity contribution in [3.8, 4) is 0 Å². The Morgan fingerprint density at radius 3 is 2.95 bits per heavy atom. The van der Waals surface area contributed by atoms with Crippen molar-refractivity contribution < 1.29 is 22.8 Å². The number of carbonyl (C=O) groups is 1. The monoisotopic (exact) mass is 308 g/mol. The zero-order chi connectivity index (χ0) is 15.7. The van der Waals surface area contributed by atoms with Crippen LogP contribution in [0, 0.1) is 11.6 Å². The quantitative estimate of drug-likeness (QED) is 0.947. The maximum atomic E-state index is 13.3. The lowest BCUT2D eigenvalue weighted by Gasteiger charge is -2.14. The van der Waals surface area contributed by atoms with Gasteiger partial charge in [0.05, 0.1) is 24.7 Å². The van der Waals surface area contributed by atoms with Crippen LogP contribution >= 0.6 is 0 Å². The third-order valence-electron chi connectivity index (χ3n) is 3.67. The molecule has 7 heteroatoms. The van der Waals surface area contributed by atoms with E-state index in [-0.39, 0.29) is 5.91 Å². The molecule has 1 unspecified atom stereocenters. The molecule has 0 spiro atoms. The number of amides is 1. The largest absolute Gasteiger partial charge is 0.376 e. The molecular formula is C15H14F2N2O3. The Morgan fingerprint density at radius 1 is 1.36 bits per heavy atom. The number of benzene rings is 1. The zero-order valence-corrected chi connectivity index (χ0v) is 11.9. The van der Waals surface area contributed by atoms with Crippen LogP contribution in [-0.2, 0) is 22.6 Å². The van der Waals surface area contributed by atoms with Crippen LogP contribution in [-0.4, -0.2) is 17.7 Å². The summed E-state index contributed by atoms with van der Waals surface area (Å²) in [4.78, 5) is 12.2. The molecule has 5 nitrogen and oxygen atoms in total. The van der Waals surface area contributed by atoms with Crippen molar-refractivity contribution in [3.05, 3.63) is 46.7 Å². The molecule has 1 amide bonds. The highest BCUT2D eigenvalue weighted by Gasteiger charge is 2.24. The number of fused-ring (bicyclic) bond motifs is 1. The number of ether oxygens (including phenoxy) is 1. The van der Waals surface area contributed by atoms with Gasteiger partial charge in [0.1, 0.15) is 5.76 Å². The van der Waals surface area contributed by atoms with Gasteiger partial charge in [-0.3, -0.25) is 4.79 Å². The lowest BCUT2D eigenvalue weighted by Crippen LogP contribution is -2.20. The van der Waals surface area contributed by atoms with Crippen molar-refractivity contribution in [3.63, 3.8) is 0 Å². The van der Waals surface area contributed by atoms with Gasteiger partial charge in [-0.2, -0.15) is 0 Å². The van der Waals surface area contributed by atoms with E-state index in [1.807, 2.05) is 0 Å². The summed E-state index contributed by atoms with van der Waals surface area (Å²) in [6, 6.07) is 3.39. The normalized spacial score (nSPS) is 15.2. The van der Waals surface area contributed by atoms with E-state index in [2.05, 4.69) is 10.5 Å². The molecule has 22 heavy (non-hydrogen) atoms. The van der Waals surface area contributed by atoms with Gasteiger partial charge in [-0.05, 0) is 24.6 Å². The van der Waals surface area contributed by atoms with Gasteiger partial charge in [-0.1, -0.05) is 11.2 Å². The molecule has 0 bridgehead atoms. The van der Waals surface area contributed by atoms with Crippen molar-refractivity contribution in [1.82, 2.24) is 5.16 Å². The molecule has 0 saturated carbocycles. The molecule has 1 aromatic heterocycles. The highest BCUT2D eigenvalue weighted by molar-refractivity contribution is 5.95. The molecule has 2 heterocycles. The van der Waals surface area contributed by atoms with E-state index < -0.39 is 17.6 Å². The van der Waals surface area contributed by atoms with Crippen molar-refractivity contribution in [2.24, 2.45) is 0 Å². The molecule has 1 N–H and O–H groups in total. The first-order valence-corrected chi connectivity index (χ1v) is 6.87. The van der Waals surface area contributed by atoms with Crippen LogP contribution in [0.3, 0.4) is 0 Å². The molecule has 116 valence electrons. The minimum absolute atomic E-state index is 0.314. The fraction of sp³-hybridized carbons (Fsp3) is 0.333. The SMILES string of the molecule is CC(C(=O)Nc1noc2c1COCC2)c1ccc(F)c(F)c1. The fourth-order valence-corrected chi connectivity index (χ4v) is 2.28. The molecule has 0 fully saturated rings. The Morgan fingerprint density at radius 2 is 2.18 bits per heavy atom. The topological polar surface area (TPSA) is 64.4 Å². The van der Waals surface area contributed by atoms with Crippen LogP contribution in [0.4, 0.5) is 14.6 Å². The van der Waals surface area contributed by atoms with E-state index in [1.165, 1.54) is 6.07 Å². The van der Waals surface area contributed by atoms with E-state index in [9.17, 15) is 13.6 Å². The predicted octanol–water partition coefficient (Wildman–Crippen LogP) is 2.77. The molecule has 1 aliphatic rings. The number of carbonyl (C=O) groups excluding carboxylic acids is 1. The molecule has 1 atom stereocenters. The Balaban J connectivity index is 1.76. The maximum Gasteiger partial charge on any atom is 0.232 e. The first kappa shape index (κ1) is 14.6. The first-order valence-electron chi connectivity index (χ1n) is 6.87. The van der Waals surface area contributed by atoms with E-state index >= 15 is 0 Å². The summed E-state index contributed by atoms with van der Waals surface area (Å²) < 4.78 is 36.7. The third-order valence-corrected chi connectivity index (χ3v) is 3.67. The summed E-state index contributed by atoms with van der Waals surface area (Å²) in [5.41, 5.74) is 1.10. The van der Waals surface area contributed by atoms with Crippen LogP contribution in [0.2, 0.25) is 0 Å². The van der Waals surface area contributed by atoms with Gasteiger partial charge in [0.25, 0.3) is 0 Å². The smallest absolute Gasteiger partial charge is 0.232 e. The zero-order valence-electron chi connectivity index (χ0n) is 11.9. The summed E-state index contributed by atoms with van der Waals surface area (Å²) in [5, 5.41) is 6.47. The predicted molar refractivity (Wildman–Crippen MR) is 73.3 cm³/mol. The second-order valence-corrected chi connectivity index (χ2v) is 5.12. The number of hydrogen-bond acceptors (Lipinski definition) is 4. The molecule has 3 rings (SSSR count). The van der Waals surface area contributed by atoms with Crippen LogP contribution in [0.5, 0.6) is 0 Å². The maximum absolute atomic E-state index is 13.3. The Kier molecular flexibility index (Phi) is 3.89. The number of nitrogens with one attached hydrogen (secondary N) is 1. The lowest BCUT2D eigenvalue weighted by atomic mass is 10.00. The number of nitrogens with zero attached hydrogens (tertiary/aromatic N) is 1. The molecular weight excluding hydrogens is 294 g/mol. The molecule has 0 radical (unpaired) electrons. The first-order chi connectivity index (χ1) is 10.6. The van der Waals surface area contributed by atoms with Gasteiger partial charge >= 0.3 is 0 Å². The summed E-state index contributed by atoms with van der Waals surface area (Å²) in [7, 11) is 0. The average Bonchev–Trinajstić information content (AvgIpc) is 2.92. The summed E-state index contributed by atoms with van der Waals surface area (Å²) in [5.74, 6) is -1.96. The van der Waals surface area contributed by atoms with E-state index in [0.717, 1.165) is 17.7 Å². The lowest BCUT2D eigenvalue weighted by molar-refractivity contribution is -0.117. The minimum Gasteiger partial charge on any atom is -0.376 e. The van der Waals surface area contributed by atoms with Crippen LogP contribution in [0.25, 0.3) is 0 Å². The van der Waals surface area contributed by atoms with E-state index in [1.54, 1.807) is 6.92 Å². The van der Waals surface area contributed by atoms with Gasteiger partial charge in [0.15, 0.2) is 17.5 Å². The summed E-state index contributed by atoms with van der Waals surface area (Å²) in [6.07, 6.45) is 0.608. The minimum atomic E-state index is -0.982. The van der Waals surface area contributed by atoms with Crippen molar-refractivity contribution in [1.29, 1.82) is 0 Å². The van der Waals surface area contributed by atoms with Crippen LogP contribution in [0.15, 0.2) is 22.7 Å². The van der Waals surface area contributed by atoms with Crippen molar-refractivity contribution in [2.45, 2.75) is 25.9 Å². The molecule has 0 aliphatic carbocycles. The van der Waals surface area contributed by atoms with Gasteiger partial charge in [-0.15, -0.1) is 0 Å². The molecule has 2 aromatic rings. The standard InChI is InChI=1S/C15H14F2N2O3/c1-8(9-2-3-11(16)12(17)6-9)15(20)18-14-10-7-21-5-4-13(10)22-19-14/h2-3,6,8H,4-5,7H2,1H3,(H,18,19,20). The van der Waals surface area contributed by atoms with Crippen molar-refractivity contribution >= 4 is 11.7 Å². The summed E-state index contributed by atoms with van der Waals surface area (Å²) >= 11 is 0. The Bertz CT molecular complexity index is 715. The number of rotatable bonds is 3. The third kappa shape index (κ3) is 2.71. The van der Waals surface area contributed by atoms with Crippen LogP contribution in [0.1, 0.15) is 29.7 Å². The van der Waals surface area contributed by atoms with Crippen molar-refractivity contribution in [2.75, 3.05) is 11.9 Å². The second-order valence-electron chi connectivity index (χ2n) is 5.12. The Hall–Kier alpha value is -2.28. The average molecular weight is 308 g/mol. The molecule has 1 aliphatic heterocycles. The van der Waals surface area contributed by atoms with E-state index in [4.69, 9.17) is 9.26 Å². The number of halogens is 2. The second kappa shape index (κ2) is 5.84. The summed E-state index contributed by atoms with van der Waals surface area (Å²) in [6.45, 7) is 2.49. The molecule has 1 aromatic carbocycles. The Labute approximate surface area is 125 Å². The fourth-order valence-electron chi connectivity index (χ4n) is 2.28. The van der Waals surface area contributed by atoms with Gasteiger partial charge < -0.3 is 14.6 Å². The highest BCUT2D eigenvalue weighted by atomic mass is 19.2. The highest BCUT2D eigenvalue weighted by Crippen LogP contribution is 2.26. The van der Waals surface area contributed by atoms with Gasteiger partial charge in [-0.25, -0.2) is 8.78 Å². The van der Waals surface area contributed by atoms with Gasteiger partial charge in [0.2, 0.25) is 5.91 Å². The number of aromatic nitrogens is 1. The number of anilines is 1. The van der Waals surface area contributed by atoms with Gasteiger partial charge in [0, 0.05) is 6.42 Å². The number of hydrogen-bond donors (Lipinski definition) is 1.